The van der Waals surface area contributed by atoms with E-state index in [1.807, 2.05) is 0 Å². The van der Waals surface area contributed by atoms with Crippen molar-refractivity contribution in [3.05, 3.63) is 29.8 Å². The van der Waals surface area contributed by atoms with Crippen LogP contribution in [0.2, 0.25) is 0 Å². The van der Waals surface area contributed by atoms with Crippen LogP contribution >= 0.6 is 0 Å². The van der Waals surface area contributed by atoms with E-state index < -0.39 is 10.0 Å². The minimum Gasteiger partial charge on any atom is -0.349 e. The van der Waals surface area contributed by atoms with Crippen LogP contribution in [0, 0.1) is 11.8 Å². The van der Waals surface area contributed by atoms with Crippen LogP contribution in [0.15, 0.2) is 29.2 Å². The summed E-state index contributed by atoms with van der Waals surface area (Å²) >= 11 is 0. The molecule has 0 aromatic heterocycles. The summed E-state index contributed by atoms with van der Waals surface area (Å²) in [6.07, 6.45) is 3.35. The lowest BCUT2D eigenvalue weighted by Gasteiger charge is -2.34. The van der Waals surface area contributed by atoms with Gasteiger partial charge in [0, 0.05) is 25.7 Å². The van der Waals surface area contributed by atoms with Crippen molar-refractivity contribution in [1.29, 1.82) is 0 Å². The fourth-order valence-electron chi connectivity index (χ4n) is 3.03. The Morgan fingerprint density at radius 3 is 2.30 bits per heavy atom. The van der Waals surface area contributed by atoms with Crippen LogP contribution in [0.3, 0.4) is 0 Å². The van der Waals surface area contributed by atoms with Crippen molar-refractivity contribution in [3.63, 3.8) is 0 Å². The van der Waals surface area contributed by atoms with Crippen LogP contribution in [-0.2, 0) is 10.0 Å². The molecule has 1 N–H and O–H groups in total. The molecule has 6 heteroatoms. The van der Waals surface area contributed by atoms with Gasteiger partial charge in [-0.1, -0.05) is 26.7 Å². The van der Waals surface area contributed by atoms with Crippen molar-refractivity contribution >= 4 is 15.9 Å². The Labute approximate surface area is 139 Å². The summed E-state index contributed by atoms with van der Waals surface area (Å²) in [4.78, 5) is 12.6. The highest BCUT2D eigenvalue weighted by atomic mass is 32.2. The highest BCUT2D eigenvalue weighted by Crippen LogP contribution is 2.29. The molecule has 0 bridgehead atoms. The van der Waals surface area contributed by atoms with Gasteiger partial charge < -0.3 is 5.32 Å². The Balaban J connectivity index is 2.09. The summed E-state index contributed by atoms with van der Waals surface area (Å²) in [7, 11) is -0.486. The van der Waals surface area contributed by atoms with Gasteiger partial charge in [-0.15, -0.1) is 0 Å². The number of amides is 1. The fraction of sp³-hybridized carbons (Fsp3) is 0.588. The maximum absolute atomic E-state index is 12.4. The zero-order chi connectivity index (χ0) is 17.2. The molecule has 3 atom stereocenters. The molecule has 0 spiro atoms. The van der Waals surface area contributed by atoms with Gasteiger partial charge in [0.15, 0.2) is 0 Å². The van der Waals surface area contributed by atoms with Gasteiger partial charge in [-0.05, 0) is 42.5 Å². The van der Waals surface area contributed by atoms with E-state index in [1.54, 1.807) is 12.1 Å². The number of nitrogens with zero attached hydrogens (tertiary/aromatic N) is 1. The van der Waals surface area contributed by atoms with Crippen LogP contribution in [0.25, 0.3) is 0 Å². The van der Waals surface area contributed by atoms with Crippen molar-refractivity contribution < 1.29 is 13.2 Å². The summed E-state index contributed by atoms with van der Waals surface area (Å²) in [5.74, 6) is 0.938. The lowest BCUT2D eigenvalue weighted by molar-refractivity contribution is 0.0891. The van der Waals surface area contributed by atoms with Crippen molar-refractivity contribution in [2.75, 3.05) is 14.1 Å². The molecule has 1 fully saturated rings. The molecule has 1 aromatic carbocycles. The number of carbonyl (C=O) groups is 1. The summed E-state index contributed by atoms with van der Waals surface area (Å²) in [5.41, 5.74) is 0.494. The summed E-state index contributed by atoms with van der Waals surface area (Å²) in [5, 5.41) is 3.10. The summed E-state index contributed by atoms with van der Waals surface area (Å²) in [6, 6.07) is 6.30. The molecule has 23 heavy (non-hydrogen) atoms. The van der Waals surface area contributed by atoms with Gasteiger partial charge in [0.05, 0.1) is 4.90 Å². The molecule has 0 radical (unpaired) electrons. The van der Waals surface area contributed by atoms with E-state index in [2.05, 4.69) is 19.2 Å². The number of rotatable bonds is 4. The molecule has 5 nitrogen and oxygen atoms in total. The van der Waals surface area contributed by atoms with E-state index in [-0.39, 0.29) is 16.8 Å². The zero-order valence-electron chi connectivity index (χ0n) is 14.2. The third-order valence-corrected chi connectivity index (χ3v) is 6.75. The van der Waals surface area contributed by atoms with Crippen molar-refractivity contribution in [1.82, 2.24) is 9.62 Å². The first-order valence-electron chi connectivity index (χ1n) is 8.07. The molecule has 1 saturated carbocycles. The molecule has 2 rings (SSSR count). The van der Waals surface area contributed by atoms with Gasteiger partial charge in [0.25, 0.3) is 5.91 Å². The first-order chi connectivity index (χ1) is 10.7. The molecule has 1 aromatic rings. The van der Waals surface area contributed by atoms with Crippen LogP contribution < -0.4 is 5.32 Å². The van der Waals surface area contributed by atoms with E-state index in [0.717, 1.165) is 17.1 Å². The average molecular weight is 338 g/mol. The molecule has 128 valence electrons. The van der Waals surface area contributed by atoms with Crippen molar-refractivity contribution in [3.8, 4) is 0 Å². The maximum Gasteiger partial charge on any atom is 0.251 e. The zero-order valence-corrected chi connectivity index (χ0v) is 15.1. The third-order valence-electron chi connectivity index (χ3n) is 4.92. The number of nitrogens with one attached hydrogen (secondary N) is 1. The Kier molecular flexibility index (Phi) is 5.47. The van der Waals surface area contributed by atoms with Crippen LogP contribution in [-0.4, -0.2) is 38.8 Å². The minimum atomic E-state index is -3.46. The highest BCUT2D eigenvalue weighted by Gasteiger charge is 2.28. The van der Waals surface area contributed by atoms with Gasteiger partial charge in [-0.25, -0.2) is 12.7 Å². The van der Waals surface area contributed by atoms with Crippen LogP contribution in [0.4, 0.5) is 0 Å². The van der Waals surface area contributed by atoms with E-state index in [1.165, 1.54) is 32.6 Å². The smallest absolute Gasteiger partial charge is 0.251 e. The Morgan fingerprint density at radius 1 is 1.13 bits per heavy atom. The molecule has 1 aliphatic rings. The maximum atomic E-state index is 12.4. The van der Waals surface area contributed by atoms with Crippen molar-refractivity contribution in [2.24, 2.45) is 11.8 Å². The van der Waals surface area contributed by atoms with Crippen molar-refractivity contribution in [2.45, 2.75) is 44.0 Å². The Morgan fingerprint density at radius 2 is 1.74 bits per heavy atom. The van der Waals surface area contributed by atoms with Gasteiger partial charge in [-0.3, -0.25) is 4.79 Å². The van der Waals surface area contributed by atoms with Gasteiger partial charge in [0.1, 0.15) is 0 Å². The highest BCUT2D eigenvalue weighted by molar-refractivity contribution is 7.89. The second kappa shape index (κ2) is 7.01. The Hall–Kier alpha value is -1.40. The molecule has 1 aliphatic carbocycles. The van der Waals surface area contributed by atoms with E-state index in [4.69, 9.17) is 0 Å². The predicted octanol–water partition coefficient (Wildman–Crippen LogP) is 2.49. The quantitative estimate of drug-likeness (QED) is 0.917. The minimum absolute atomic E-state index is 0.134. The standard InChI is InChI=1S/C17H26N2O3S/c1-12-6-5-7-16(13(12)2)18-17(20)14-8-10-15(11-9-14)23(21,22)19(3)4/h8-13,16H,5-7H2,1-4H3,(H,18,20)/t12-,13-,16+/m1/s1. The number of carbonyl (C=O) groups excluding carboxylic acids is 1. The van der Waals surface area contributed by atoms with Gasteiger partial charge in [0.2, 0.25) is 10.0 Å². The largest absolute Gasteiger partial charge is 0.349 e. The monoisotopic (exact) mass is 338 g/mol. The second-order valence-corrected chi connectivity index (χ2v) is 8.81. The molecular weight excluding hydrogens is 312 g/mol. The normalized spacial score (nSPS) is 25.3. The molecule has 0 aliphatic heterocycles. The topological polar surface area (TPSA) is 66.5 Å². The fourth-order valence-corrected chi connectivity index (χ4v) is 3.93. The average Bonchev–Trinajstić information content (AvgIpc) is 2.51. The lowest BCUT2D eigenvalue weighted by Crippen LogP contribution is -2.43. The van der Waals surface area contributed by atoms with Crippen LogP contribution in [0.5, 0.6) is 0 Å². The summed E-state index contributed by atoms with van der Waals surface area (Å²) < 4.78 is 25.2. The SMILES string of the molecule is C[C@@H]1[C@H](C)CCC[C@@H]1NC(=O)c1ccc(S(=O)(=O)N(C)C)cc1. The first kappa shape index (κ1) is 17.9. The number of hydrogen-bond donors (Lipinski definition) is 1. The first-order valence-corrected chi connectivity index (χ1v) is 9.51. The lowest BCUT2D eigenvalue weighted by atomic mass is 9.78. The van der Waals surface area contributed by atoms with E-state index in [0.29, 0.717) is 17.4 Å². The number of benzene rings is 1. The van der Waals surface area contributed by atoms with E-state index in [9.17, 15) is 13.2 Å². The predicted molar refractivity (Wildman–Crippen MR) is 90.7 cm³/mol. The number of hydrogen-bond acceptors (Lipinski definition) is 3. The third kappa shape index (κ3) is 3.93. The molecule has 0 heterocycles. The van der Waals surface area contributed by atoms with Gasteiger partial charge in [-0.2, -0.15) is 0 Å². The molecule has 1 amide bonds. The Bertz CT molecular complexity index is 653. The van der Waals surface area contributed by atoms with Crippen LogP contribution in [0.1, 0.15) is 43.5 Å². The molecule has 0 saturated heterocycles. The van der Waals surface area contributed by atoms with Gasteiger partial charge >= 0.3 is 0 Å². The van der Waals surface area contributed by atoms with E-state index >= 15 is 0 Å². The second-order valence-electron chi connectivity index (χ2n) is 6.66. The molecular formula is C17H26N2O3S. The number of sulfonamides is 1. The summed E-state index contributed by atoms with van der Waals surface area (Å²) in [6.45, 7) is 4.41. The molecule has 0 unspecified atom stereocenters.